The number of anilines is 1. The lowest BCUT2D eigenvalue weighted by atomic mass is 10.2. The lowest BCUT2D eigenvalue weighted by Crippen LogP contribution is -2.11. The number of benzene rings is 1. The molecule has 0 spiro atoms. The maximum atomic E-state index is 12.9. The lowest BCUT2D eigenvalue weighted by molar-refractivity contribution is 0.103. The van der Waals surface area contributed by atoms with Gasteiger partial charge in [-0.2, -0.15) is 0 Å². The molecule has 2 nitrogen and oxygen atoms in total. The number of nitrogens with one attached hydrogen (secondary N) is 1. The van der Waals surface area contributed by atoms with Crippen molar-refractivity contribution in [3.63, 3.8) is 0 Å². The molecule has 5 heteroatoms. The van der Waals surface area contributed by atoms with Gasteiger partial charge in [0.15, 0.2) is 0 Å². The van der Waals surface area contributed by atoms with E-state index in [0.717, 1.165) is 0 Å². The predicted octanol–water partition coefficient (Wildman–Crippen LogP) is 4.10. The Hall–Kier alpha value is -1.39. The SMILES string of the molecule is Cc1cc(F)ccc1NC(=O)c1ccc(Cl)s1. The molecular weight excluding hydrogens is 261 g/mol. The molecule has 0 saturated carbocycles. The van der Waals surface area contributed by atoms with Crippen molar-refractivity contribution in [2.24, 2.45) is 0 Å². The molecule has 1 amide bonds. The summed E-state index contributed by atoms with van der Waals surface area (Å²) in [6, 6.07) is 7.54. The minimum absolute atomic E-state index is 0.239. The summed E-state index contributed by atoms with van der Waals surface area (Å²) in [6.45, 7) is 1.74. The fourth-order valence-electron chi connectivity index (χ4n) is 1.39. The molecule has 1 aromatic carbocycles. The molecular formula is C12H9ClFNOS. The molecule has 0 bridgehead atoms. The highest BCUT2D eigenvalue weighted by atomic mass is 35.5. The summed E-state index contributed by atoms with van der Waals surface area (Å²) in [7, 11) is 0. The van der Waals surface area contributed by atoms with Crippen molar-refractivity contribution >= 4 is 34.5 Å². The van der Waals surface area contributed by atoms with Gasteiger partial charge in [-0.3, -0.25) is 4.79 Å². The molecule has 0 aliphatic carbocycles. The predicted molar refractivity (Wildman–Crippen MR) is 68.4 cm³/mol. The first-order valence-corrected chi connectivity index (χ1v) is 6.08. The minimum atomic E-state index is -0.320. The van der Waals surface area contributed by atoms with Gasteiger partial charge in [0.05, 0.1) is 9.21 Å². The fraction of sp³-hybridized carbons (Fsp3) is 0.0833. The van der Waals surface area contributed by atoms with Crippen LogP contribution < -0.4 is 5.32 Å². The molecule has 1 aromatic heterocycles. The number of rotatable bonds is 2. The molecule has 0 radical (unpaired) electrons. The zero-order valence-corrected chi connectivity index (χ0v) is 10.5. The summed E-state index contributed by atoms with van der Waals surface area (Å²) < 4.78 is 13.4. The lowest BCUT2D eigenvalue weighted by Gasteiger charge is -2.06. The van der Waals surface area contributed by atoms with Crippen molar-refractivity contribution in [3.05, 3.63) is 50.9 Å². The van der Waals surface area contributed by atoms with Gasteiger partial charge in [-0.05, 0) is 42.8 Å². The quantitative estimate of drug-likeness (QED) is 0.874. The van der Waals surface area contributed by atoms with Crippen molar-refractivity contribution in [1.82, 2.24) is 0 Å². The van der Waals surface area contributed by atoms with E-state index in [9.17, 15) is 9.18 Å². The Labute approximate surface area is 107 Å². The van der Waals surface area contributed by atoms with Gasteiger partial charge in [0.1, 0.15) is 5.82 Å². The topological polar surface area (TPSA) is 29.1 Å². The summed E-state index contributed by atoms with van der Waals surface area (Å²) in [5, 5.41) is 2.71. The van der Waals surface area contributed by atoms with E-state index >= 15 is 0 Å². The summed E-state index contributed by atoms with van der Waals surface area (Å²) in [5.41, 5.74) is 1.28. The normalized spacial score (nSPS) is 10.3. The standard InChI is InChI=1S/C12H9ClFNOS/c1-7-6-8(14)2-3-9(7)15-12(16)10-4-5-11(13)17-10/h2-6H,1H3,(H,15,16). The van der Waals surface area contributed by atoms with Gasteiger partial charge in [0, 0.05) is 5.69 Å². The average molecular weight is 270 g/mol. The van der Waals surface area contributed by atoms with E-state index < -0.39 is 0 Å². The Balaban J connectivity index is 2.18. The van der Waals surface area contributed by atoms with Gasteiger partial charge in [-0.1, -0.05) is 11.6 Å². The first-order valence-electron chi connectivity index (χ1n) is 4.89. The number of halogens is 2. The number of amides is 1. The summed E-state index contributed by atoms with van der Waals surface area (Å²) in [5.74, 6) is -0.559. The average Bonchev–Trinajstić information content (AvgIpc) is 2.69. The highest BCUT2D eigenvalue weighted by Gasteiger charge is 2.10. The Morgan fingerprint density at radius 1 is 1.35 bits per heavy atom. The summed E-state index contributed by atoms with van der Waals surface area (Å²) in [6.07, 6.45) is 0. The van der Waals surface area contributed by atoms with E-state index in [4.69, 9.17) is 11.6 Å². The van der Waals surface area contributed by atoms with E-state index in [2.05, 4.69) is 5.32 Å². The van der Waals surface area contributed by atoms with Crippen LogP contribution in [-0.4, -0.2) is 5.91 Å². The molecule has 0 unspecified atom stereocenters. The number of hydrogen-bond acceptors (Lipinski definition) is 2. The molecule has 0 fully saturated rings. The minimum Gasteiger partial charge on any atom is -0.321 e. The van der Waals surface area contributed by atoms with Crippen LogP contribution in [0.15, 0.2) is 30.3 Å². The first-order chi connectivity index (χ1) is 8.06. The van der Waals surface area contributed by atoms with Crippen LogP contribution in [0.2, 0.25) is 4.34 Å². The molecule has 0 saturated heterocycles. The second-order valence-electron chi connectivity index (χ2n) is 3.52. The largest absolute Gasteiger partial charge is 0.321 e. The van der Waals surface area contributed by atoms with Crippen molar-refractivity contribution in [1.29, 1.82) is 0 Å². The third kappa shape index (κ3) is 2.84. The second kappa shape index (κ2) is 4.85. The molecule has 0 aliphatic rings. The zero-order valence-electron chi connectivity index (χ0n) is 8.96. The maximum absolute atomic E-state index is 12.9. The molecule has 88 valence electrons. The van der Waals surface area contributed by atoms with Crippen LogP contribution in [0.4, 0.5) is 10.1 Å². The van der Waals surface area contributed by atoms with Crippen LogP contribution in [0.5, 0.6) is 0 Å². The van der Waals surface area contributed by atoms with Gasteiger partial charge in [0.25, 0.3) is 5.91 Å². The van der Waals surface area contributed by atoms with Crippen LogP contribution in [0.25, 0.3) is 0 Å². The van der Waals surface area contributed by atoms with Crippen molar-refractivity contribution in [2.45, 2.75) is 6.92 Å². The number of aryl methyl sites for hydroxylation is 1. The van der Waals surface area contributed by atoms with Crippen LogP contribution in [0, 0.1) is 12.7 Å². The van der Waals surface area contributed by atoms with Gasteiger partial charge in [-0.15, -0.1) is 11.3 Å². The monoisotopic (exact) mass is 269 g/mol. The highest BCUT2D eigenvalue weighted by molar-refractivity contribution is 7.18. The summed E-state index contributed by atoms with van der Waals surface area (Å²) in [4.78, 5) is 12.3. The van der Waals surface area contributed by atoms with Crippen LogP contribution >= 0.6 is 22.9 Å². The van der Waals surface area contributed by atoms with Crippen molar-refractivity contribution < 1.29 is 9.18 Å². The van der Waals surface area contributed by atoms with Gasteiger partial charge < -0.3 is 5.32 Å². The molecule has 2 rings (SSSR count). The smallest absolute Gasteiger partial charge is 0.265 e. The van der Waals surface area contributed by atoms with E-state index in [1.54, 1.807) is 19.1 Å². The number of thiophene rings is 1. The Morgan fingerprint density at radius 3 is 2.71 bits per heavy atom. The molecule has 0 atom stereocenters. The number of hydrogen-bond donors (Lipinski definition) is 1. The third-order valence-electron chi connectivity index (χ3n) is 2.23. The van der Waals surface area contributed by atoms with Crippen molar-refractivity contribution in [3.8, 4) is 0 Å². The van der Waals surface area contributed by atoms with Gasteiger partial charge in [-0.25, -0.2) is 4.39 Å². The van der Waals surface area contributed by atoms with E-state index in [1.165, 1.54) is 29.5 Å². The van der Waals surface area contributed by atoms with Crippen LogP contribution in [-0.2, 0) is 0 Å². The summed E-state index contributed by atoms with van der Waals surface area (Å²) >= 11 is 6.95. The Bertz CT molecular complexity index is 567. The van der Waals surface area contributed by atoms with Crippen molar-refractivity contribution in [2.75, 3.05) is 5.32 Å². The Kier molecular flexibility index (Phi) is 3.45. The third-order valence-corrected chi connectivity index (χ3v) is 3.46. The molecule has 1 heterocycles. The molecule has 0 aliphatic heterocycles. The van der Waals surface area contributed by atoms with E-state index in [1.807, 2.05) is 0 Å². The fourth-order valence-corrected chi connectivity index (χ4v) is 2.33. The molecule has 17 heavy (non-hydrogen) atoms. The van der Waals surface area contributed by atoms with Gasteiger partial charge in [0.2, 0.25) is 0 Å². The Morgan fingerprint density at radius 2 is 2.12 bits per heavy atom. The highest BCUT2D eigenvalue weighted by Crippen LogP contribution is 2.23. The van der Waals surface area contributed by atoms with Gasteiger partial charge >= 0.3 is 0 Å². The first kappa shape index (κ1) is 12.1. The molecule has 2 aromatic rings. The zero-order chi connectivity index (χ0) is 12.4. The number of carbonyl (C=O) groups is 1. The molecule has 1 N–H and O–H groups in total. The van der Waals surface area contributed by atoms with E-state index in [-0.39, 0.29) is 11.7 Å². The second-order valence-corrected chi connectivity index (χ2v) is 5.23. The van der Waals surface area contributed by atoms with E-state index in [0.29, 0.717) is 20.5 Å². The van der Waals surface area contributed by atoms with Crippen LogP contribution in [0.3, 0.4) is 0 Å². The maximum Gasteiger partial charge on any atom is 0.265 e. The van der Waals surface area contributed by atoms with Crippen LogP contribution in [0.1, 0.15) is 15.2 Å². The number of carbonyl (C=O) groups excluding carboxylic acids is 1.